The molecule has 21 heavy (non-hydrogen) atoms. The van der Waals surface area contributed by atoms with E-state index >= 15 is 0 Å². The molecule has 4 rings (SSSR count). The number of rotatable bonds is 3. The highest BCUT2D eigenvalue weighted by Crippen LogP contribution is 2.41. The van der Waals surface area contributed by atoms with Crippen LogP contribution in [0.15, 0.2) is 53.3 Å². The standard InChI is InChI=1S/C18H18N2O/c21-15-9-10-16-17(11-15)20(12-13-5-2-1-3-6-13)19-18(16)14-7-4-8-14/h1-3,5-6,9-11,14,19H,4,7-8,12H2. The summed E-state index contributed by atoms with van der Waals surface area (Å²) >= 11 is 0. The molecule has 3 heteroatoms. The van der Waals surface area contributed by atoms with Gasteiger partial charge in [0, 0.05) is 23.2 Å². The van der Waals surface area contributed by atoms with Gasteiger partial charge in [0.25, 0.3) is 0 Å². The maximum absolute atomic E-state index is 11.7. The molecule has 3 nitrogen and oxygen atoms in total. The Balaban J connectivity index is 1.80. The lowest BCUT2D eigenvalue weighted by atomic mass is 9.81. The van der Waals surface area contributed by atoms with Crippen LogP contribution in [0.2, 0.25) is 0 Å². The van der Waals surface area contributed by atoms with Gasteiger partial charge >= 0.3 is 0 Å². The monoisotopic (exact) mass is 278 g/mol. The Kier molecular flexibility index (Phi) is 2.92. The number of nitrogens with one attached hydrogen (secondary N) is 1. The first-order chi connectivity index (χ1) is 10.3. The number of nitrogens with zero attached hydrogens (tertiary/aromatic N) is 1. The average molecular weight is 278 g/mol. The van der Waals surface area contributed by atoms with Crippen LogP contribution < -0.4 is 5.43 Å². The maximum atomic E-state index is 11.7. The summed E-state index contributed by atoms with van der Waals surface area (Å²) in [6.07, 6.45) is 3.81. The van der Waals surface area contributed by atoms with Gasteiger partial charge in [-0.3, -0.25) is 9.48 Å². The molecule has 0 saturated heterocycles. The first kappa shape index (κ1) is 12.5. The predicted molar refractivity (Wildman–Crippen MR) is 83.8 cm³/mol. The van der Waals surface area contributed by atoms with E-state index < -0.39 is 0 Å². The van der Waals surface area contributed by atoms with Crippen molar-refractivity contribution in [2.45, 2.75) is 31.7 Å². The van der Waals surface area contributed by atoms with Crippen molar-refractivity contribution in [3.8, 4) is 11.3 Å². The third-order valence-corrected chi connectivity index (χ3v) is 4.50. The molecular weight excluding hydrogens is 260 g/mol. The van der Waals surface area contributed by atoms with Crippen LogP contribution in [0.1, 0.15) is 36.4 Å². The molecule has 1 aromatic rings. The second kappa shape index (κ2) is 4.92. The van der Waals surface area contributed by atoms with Crippen molar-refractivity contribution in [1.82, 2.24) is 9.78 Å². The molecule has 1 aromatic carbocycles. The van der Waals surface area contributed by atoms with E-state index in [9.17, 15) is 4.79 Å². The first-order valence-electron chi connectivity index (χ1n) is 7.58. The molecular formula is C18H18N2O. The van der Waals surface area contributed by atoms with Gasteiger partial charge in [0.05, 0.1) is 12.2 Å². The van der Waals surface area contributed by atoms with E-state index in [0.717, 1.165) is 12.2 Å². The van der Waals surface area contributed by atoms with Gasteiger partial charge in [-0.05, 0) is 30.5 Å². The summed E-state index contributed by atoms with van der Waals surface area (Å²) in [6.45, 7) is 0.771. The molecule has 0 unspecified atom stereocenters. The lowest BCUT2D eigenvalue weighted by Gasteiger charge is -2.24. The van der Waals surface area contributed by atoms with Crippen LogP contribution in [0, 0.1) is 0 Å². The van der Waals surface area contributed by atoms with Crippen LogP contribution in [0.5, 0.6) is 0 Å². The van der Waals surface area contributed by atoms with Crippen molar-refractivity contribution in [3.05, 3.63) is 70.0 Å². The van der Waals surface area contributed by atoms with Gasteiger partial charge in [-0.2, -0.15) is 0 Å². The van der Waals surface area contributed by atoms with E-state index in [0.29, 0.717) is 5.92 Å². The van der Waals surface area contributed by atoms with E-state index in [-0.39, 0.29) is 5.43 Å². The normalized spacial score (nSPS) is 15.2. The smallest absolute Gasteiger partial charge is 0.180 e. The minimum atomic E-state index is 0.0727. The summed E-state index contributed by atoms with van der Waals surface area (Å²) < 4.78 is 2.11. The molecule has 1 saturated carbocycles. The molecule has 1 aliphatic heterocycles. The number of H-pyrrole nitrogens is 1. The van der Waals surface area contributed by atoms with Gasteiger partial charge in [-0.15, -0.1) is 0 Å². The largest absolute Gasteiger partial charge is 0.301 e. The Hall–Kier alpha value is -2.29. The first-order valence-corrected chi connectivity index (χ1v) is 7.58. The highest BCUT2D eigenvalue weighted by atomic mass is 16.1. The highest BCUT2D eigenvalue weighted by Gasteiger charge is 2.26. The van der Waals surface area contributed by atoms with Crippen molar-refractivity contribution < 1.29 is 0 Å². The summed E-state index contributed by atoms with van der Waals surface area (Å²) in [5.74, 6) is 0.627. The van der Waals surface area contributed by atoms with E-state index in [1.807, 2.05) is 24.3 Å². The van der Waals surface area contributed by atoms with Crippen LogP contribution in [0.4, 0.5) is 0 Å². The topological polar surface area (TPSA) is 37.8 Å². The van der Waals surface area contributed by atoms with Crippen molar-refractivity contribution in [1.29, 1.82) is 0 Å². The van der Waals surface area contributed by atoms with Gasteiger partial charge in [0.1, 0.15) is 0 Å². The fourth-order valence-electron chi connectivity index (χ4n) is 3.13. The van der Waals surface area contributed by atoms with Crippen molar-refractivity contribution in [3.63, 3.8) is 0 Å². The summed E-state index contributed by atoms with van der Waals surface area (Å²) in [4.78, 5) is 11.7. The second-order valence-electron chi connectivity index (χ2n) is 5.90. The minimum Gasteiger partial charge on any atom is -0.301 e. The molecule has 0 atom stereocenters. The fourth-order valence-corrected chi connectivity index (χ4v) is 3.13. The average Bonchev–Trinajstić information content (AvgIpc) is 2.76. The number of hydrogen-bond donors (Lipinski definition) is 1. The van der Waals surface area contributed by atoms with Gasteiger partial charge in [0.15, 0.2) is 5.43 Å². The molecule has 0 bridgehead atoms. The third kappa shape index (κ3) is 2.19. The maximum Gasteiger partial charge on any atom is 0.180 e. The molecule has 0 amide bonds. The zero-order chi connectivity index (χ0) is 14.2. The lowest BCUT2D eigenvalue weighted by molar-refractivity contribution is 0.408. The number of fused-ring (bicyclic) bond motifs is 1. The number of aromatic nitrogens is 2. The zero-order valence-corrected chi connectivity index (χ0v) is 11.9. The third-order valence-electron chi connectivity index (χ3n) is 4.50. The van der Waals surface area contributed by atoms with Gasteiger partial charge in [-0.1, -0.05) is 36.8 Å². The molecule has 1 heterocycles. The zero-order valence-electron chi connectivity index (χ0n) is 11.9. The molecule has 0 spiro atoms. The van der Waals surface area contributed by atoms with Crippen LogP contribution in [-0.4, -0.2) is 9.78 Å². The lowest BCUT2D eigenvalue weighted by Crippen LogP contribution is -2.10. The SMILES string of the molecule is O=c1ccc2c(C3CCC3)[nH]n(Cc3ccccc3)c-2c1. The highest BCUT2D eigenvalue weighted by molar-refractivity contribution is 5.65. The van der Waals surface area contributed by atoms with Crippen molar-refractivity contribution >= 4 is 0 Å². The quantitative estimate of drug-likeness (QED) is 0.781. The molecule has 1 fully saturated rings. The summed E-state index contributed by atoms with van der Waals surface area (Å²) in [6, 6.07) is 15.7. The Morgan fingerprint density at radius 1 is 1.10 bits per heavy atom. The number of benzene rings is 2. The fraction of sp³-hybridized carbons (Fsp3) is 0.278. The van der Waals surface area contributed by atoms with Crippen molar-refractivity contribution in [2.75, 3.05) is 0 Å². The summed E-state index contributed by atoms with van der Waals surface area (Å²) in [7, 11) is 0. The molecule has 0 radical (unpaired) electrons. The summed E-state index contributed by atoms with van der Waals surface area (Å²) in [5, 5.41) is 3.55. The second-order valence-corrected chi connectivity index (χ2v) is 5.90. The van der Waals surface area contributed by atoms with E-state index in [1.165, 1.54) is 36.1 Å². The molecule has 1 N–H and O–H groups in total. The number of hydrogen-bond acceptors (Lipinski definition) is 1. The Morgan fingerprint density at radius 3 is 2.62 bits per heavy atom. The van der Waals surface area contributed by atoms with Crippen LogP contribution in [0.3, 0.4) is 0 Å². The van der Waals surface area contributed by atoms with E-state index in [1.54, 1.807) is 12.1 Å². The number of aromatic amines is 1. The van der Waals surface area contributed by atoms with Gasteiger partial charge in [0.2, 0.25) is 0 Å². The van der Waals surface area contributed by atoms with Crippen LogP contribution >= 0.6 is 0 Å². The van der Waals surface area contributed by atoms with Crippen molar-refractivity contribution in [2.24, 2.45) is 0 Å². The van der Waals surface area contributed by atoms with Gasteiger partial charge < -0.3 is 5.10 Å². The molecule has 3 aliphatic rings. The Bertz CT molecular complexity index is 781. The van der Waals surface area contributed by atoms with Crippen LogP contribution in [0.25, 0.3) is 11.3 Å². The van der Waals surface area contributed by atoms with Crippen LogP contribution in [-0.2, 0) is 6.54 Å². The van der Waals surface area contributed by atoms with Gasteiger partial charge in [-0.25, -0.2) is 0 Å². The molecule has 106 valence electrons. The Morgan fingerprint density at radius 2 is 1.90 bits per heavy atom. The van der Waals surface area contributed by atoms with E-state index in [2.05, 4.69) is 21.9 Å². The molecule has 0 aromatic heterocycles. The Labute approximate surface area is 123 Å². The predicted octanol–water partition coefficient (Wildman–Crippen LogP) is 3.60. The van der Waals surface area contributed by atoms with E-state index in [4.69, 9.17) is 0 Å². The molecule has 2 aliphatic carbocycles. The minimum absolute atomic E-state index is 0.0727. The summed E-state index contributed by atoms with van der Waals surface area (Å²) in [5.41, 5.74) is 4.83.